The summed E-state index contributed by atoms with van der Waals surface area (Å²) < 4.78 is 5.33. The van der Waals surface area contributed by atoms with Crippen LogP contribution in [0.5, 0.6) is 0 Å². The Morgan fingerprint density at radius 3 is 2.86 bits per heavy atom. The fraction of sp³-hybridized carbons (Fsp3) is 0.500. The lowest BCUT2D eigenvalue weighted by atomic mass is 10.1. The van der Waals surface area contributed by atoms with Gasteiger partial charge in [-0.25, -0.2) is 0 Å². The van der Waals surface area contributed by atoms with Gasteiger partial charge in [0.25, 0.3) is 0 Å². The molecular formula is C16H23N3O2. The van der Waals surface area contributed by atoms with Gasteiger partial charge in [0.05, 0.1) is 13.2 Å². The highest BCUT2D eigenvalue weighted by Crippen LogP contribution is 2.17. The highest BCUT2D eigenvalue weighted by Gasteiger charge is 2.12. The number of nitrogens with zero attached hydrogens (tertiary/aromatic N) is 3. The van der Waals surface area contributed by atoms with Crippen LogP contribution in [-0.4, -0.2) is 39.8 Å². The van der Waals surface area contributed by atoms with E-state index < -0.39 is 0 Å². The summed E-state index contributed by atoms with van der Waals surface area (Å²) >= 11 is 0. The molecule has 0 fully saturated rings. The molecule has 114 valence electrons. The van der Waals surface area contributed by atoms with Crippen LogP contribution in [0.15, 0.2) is 28.8 Å². The predicted molar refractivity (Wildman–Crippen MR) is 81.7 cm³/mol. The Bertz CT molecular complexity index is 554. The SMILES string of the molecule is CCCCN(CCO)Cc1nc(-c2cccc(C)c2)no1. The number of rotatable bonds is 8. The summed E-state index contributed by atoms with van der Waals surface area (Å²) in [5.74, 6) is 1.21. The zero-order valence-electron chi connectivity index (χ0n) is 12.7. The molecule has 2 aromatic rings. The molecule has 0 saturated carbocycles. The molecule has 0 aliphatic heterocycles. The molecular weight excluding hydrogens is 266 g/mol. The normalized spacial score (nSPS) is 11.2. The molecule has 0 saturated heterocycles. The van der Waals surface area contributed by atoms with Crippen LogP contribution in [0.25, 0.3) is 11.4 Å². The molecule has 0 amide bonds. The van der Waals surface area contributed by atoms with Gasteiger partial charge in [0, 0.05) is 12.1 Å². The number of hydrogen-bond acceptors (Lipinski definition) is 5. The van der Waals surface area contributed by atoms with Gasteiger partial charge < -0.3 is 9.63 Å². The highest BCUT2D eigenvalue weighted by atomic mass is 16.5. The van der Waals surface area contributed by atoms with Crippen molar-refractivity contribution in [3.05, 3.63) is 35.7 Å². The molecule has 5 nitrogen and oxygen atoms in total. The van der Waals surface area contributed by atoms with Crippen molar-refractivity contribution in [1.82, 2.24) is 15.0 Å². The van der Waals surface area contributed by atoms with Gasteiger partial charge >= 0.3 is 0 Å². The average molecular weight is 289 g/mol. The number of aryl methyl sites for hydroxylation is 1. The van der Waals surface area contributed by atoms with E-state index in [2.05, 4.69) is 22.0 Å². The molecule has 0 spiro atoms. The van der Waals surface area contributed by atoms with Crippen molar-refractivity contribution in [2.75, 3.05) is 19.7 Å². The Labute approximate surface area is 125 Å². The molecule has 0 aliphatic carbocycles. The van der Waals surface area contributed by atoms with Gasteiger partial charge in [-0.05, 0) is 26.0 Å². The number of aliphatic hydroxyl groups is 1. The molecule has 1 N–H and O–H groups in total. The van der Waals surface area contributed by atoms with Crippen LogP contribution in [0.4, 0.5) is 0 Å². The molecule has 0 atom stereocenters. The van der Waals surface area contributed by atoms with Crippen LogP contribution in [0.3, 0.4) is 0 Å². The summed E-state index contributed by atoms with van der Waals surface area (Å²) in [7, 11) is 0. The summed E-state index contributed by atoms with van der Waals surface area (Å²) in [6.45, 7) is 6.47. The van der Waals surface area contributed by atoms with Crippen molar-refractivity contribution >= 4 is 0 Å². The largest absolute Gasteiger partial charge is 0.395 e. The lowest BCUT2D eigenvalue weighted by Gasteiger charge is -2.18. The standard InChI is InChI=1S/C16H23N3O2/c1-3-4-8-19(9-10-20)12-15-17-16(18-21-15)14-7-5-6-13(2)11-14/h5-7,11,20H,3-4,8-10,12H2,1-2H3. The number of hydrogen-bond donors (Lipinski definition) is 1. The van der Waals surface area contributed by atoms with E-state index in [-0.39, 0.29) is 6.61 Å². The maximum atomic E-state index is 9.12. The quantitative estimate of drug-likeness (QED) is 0.809. The maximum Gasteiger partial charge on any atom is 0.241 e. The van der Waals surface area contributed by atoms with Crippen LogP contribution < -0.4 is 0 Å². The van der Waals surface area contributed by atoms with Gasteiger partial charge in [-0.15, -0.1) is 0 Å². The molecule has 1 aromatic heterocycles. The minimum absolute atomic E-state index is 0.141. The third-order valence-electron chi connectivity index (χ3n) is 3.35. The lowest BCUT2D eigenvalue weighted by molar-refractivity contribution is 0.172. The van der Waals surface area contributed by atoms with Gasteiger partial charge in [0.2, 0.25) is 11.7 Å². The number of unbranched alkanes of at least 4 members (excludes halogenated alkanes) is 1. The van der Waals surface area contributed by atoms with E-state index in [1.807, 2.05) is 31.2 Å². The molecule has 2 rings (SSSR count). The predicted octanol–water partition coefficient (Wildman–Crippen LogP) is 2.64. The first kappa shape index (κ1) is 15.7. The van der Waals surface area contributed by atoms with E-state index in [0.717, 1.165) is 24.9 Å². The van der Waals surface area contributed by atoms with E-state index in [1.165, 1.54) is 5.56 Å². The minimum Gasteiger partial charge on any atom is -0.395 e. The Morgan fingerprint density at radius 2 is 2.14 bits per heavy atom. The van der Waals surface area contributed by atoms with Crippen molar-refractivity contribution in [2.45, 2.75) is 33.2 Å². The first-order valence-corrected chi connectivity index (χ1v) is 7.45. The topological polar surface area (TPSA) is 62.4 Å². The fourth-order valence-electron chi connectivity index (χ4n) is 2.20. The first-order chi connectivity index (χ1) is 10.2. The van der Waals surface area contributed by atoms with Crippen molar-refractivity contribution in [3.8, 4) is 11.4 Å². The van der Waals surface area contributed by atoms with Crippen LogP contribution in [0, 0.1) is 6.92 Å². The summed E-state index contributed by atoms with van der Waals surface area (Å²) in [6.07, 6.45) is 2.22. The minimum atomic E-state index is 0.141. The molecule has 1 heterocycles. The van der Waals surface area contributed by atoms with Gasteiger partial charge in [0.1, 0.15) is 0 Å². The molecule has 0 aliphatic rings. The Kier molecular flexibility index (Phi) is 5.90. The van der Waals surface area contributed by atoms with E-state index >= 15 is 0 Å². The Hall–Kier alpha value is -1.72. The Balaban J connectivity index is 2.04. The summed E-state index contributed by atoms with van der Waals surface area (Å²) in [5.41, 5.74) is 2.14. The number of aromatic nitrogens is 2. The van der Waals surface area contributed by atoms with Crippen LogP contribution >= 0.6 is 0 Å². The maximum absolute atomic E-state index is 9.12. The zero-order valence-corrected chi connectivity index (χ0v) is 12.7. The Morgan fingerprint density at radius 1 is 1.29 bits per heavy atom. The van der Waals surface area contributed by atoms with E-state index in [0.29, 0.717) is 24.8 Å². The molecule has 5 heteroatoms. The number of benzene rings is 1. The van der Waals surface area contributed by atoms with E-state index in [1.54, 1.807) is 0 Å². The van der Waals surface area contributed by atoms with Crippen molar-refractivity contribution < 1.29 is 9.63 Å². The molecule has 21 heavy (non-hydrogen) atoms. The van der Waals surface area contributed by atoms with Gasteiger partial charge in [-0.1, -0.05) is 42.3 Å². The third-order valence-corrected chi connectivity index (χ3v) is 3.35. The zero-order chi connectivity index (χ0) is 15.1. The number of aliphatic hydroxyl groups excluding tert-OH is 1. The molecule has 0 radical (unpaired) electrons. The van der Waals surface area contributed by atoms with Gasteiger partial charge in [0.15, 0.2) is 0 Å². The highest BCUT2D eigenvalue weighted by molar-refractivity contribution is 5.55. The molecule has 0 unspecified atom stereocenters. The van der Waals surface area contributed by atoms with Gasteiger partial charge in [-0.3, -0.25) is 4.90 Å². The monoisotopic (exact) mass is 289 g/mol. The average Bonchev–Trinajstić information content (AvgIpc) is 2.93. The summed E-state index contributed by atoms with van der Waals surface area (Å²) in [5, 5.41) is 13.2. The first-order valence-electron chi connectivity index (χ1n) is 7.45. The van der Waals surface area contributed by atoms with Crippen LogP contribution in [-0.2, 0) is 6.54 Å². The van der Waals surface area contributed by atoms with Gasteiger partial charge in [-0.2, -0.15) is 4.98 Å². The third kappa shape index (κ3) is 4.65. The molecule has 1 aromatic carbocycles. The van der Waals surface area contributed by atoms with Crippen molar-refractivity contribution in [3.63, 3.8) is 0 Å². The second-order valence-electron chi connectivity index (χ2n) is 5.23. The summed E-state index contributed by atoms with van der Waals surface area (Å²) in [4.78, 5) is 6.59. The second kappa shape index (κ2) is 7.90. The lowest BCUT2D eigenvalue weighted by Crippen LogP contribution is -2.27. The van der Waals surface area contributed by atoms with Crippen LogP contribution in [0.2, 0.25) is 0 Å². The van der Waals surface area contributed by atoms with Crippen molar-refractivity contribution in [2.24, 2.45) is 0 Å². The fourth-order valence-corrected chi connectivity index (χ4v) is 2.20. The summed E-state index contributed by atoms with van der Waals surface area (Å²) in [6, 6.07) is 8.04. The van der Waals surface area contributed by atoms with E-state index in [4.69, 9.17) is 9.63 Å². The molecule has 0 bridgehead atoms. The smallest absolute Gasteiger partial charge is 0.241 e. The van der Waals surface area contributed by atoms with Crippen molar-refractivity contribution in [1.29, 1.82) is 0 Å². The van der Waals surface area contributed by atoms with Crippen LogP contribution in [0.1, 0.15) is 31.2 Å². The second-order valence-corrected chi connectivity index (χ2v) is 5.23. The van der Waals surface area contributed by atoms with E-state index in [9.17, 15) is 0 Å².